The van der Waals surface area contributed by atoms with Gasteiger partial charge in [-0.1, -0.05) is 30.4 Å². The fourth-order valence-corrected chi connectivity index (χ4v) is 1.94. The van der Waals surface area contributed by atoms with Crippen LogP contribution in [0, 0.1) is 18.8 Å². The van der Waals surface area contributed by atoms with Crippen molar-refractivity contribution < 1.29 is 0 Å². The van der Waals surface area contributed by atoms with Crippen LogP contribution in [0.15, 0.2) is 24.3 Å². The van der Waals surface area contributed by atoms with Gasteiger partial charge in [0.1, 0.15) is 0 Å². The predicted octanol–water partition coefficient (Wildman–Crippen LogP) is 2.21. The quantitative estimate of drug-likeness (QED) is 0.779. The van der Waals surface area contributed by atoms with E-state index < -0.39 is 0 Å². The van der Waals surface area contributed by atoms with E-state index in [4.69, 9.17) is 0 Å². The van der Waals surface area contributed by atoms with E-state index in [0.29, 0.717) is 0 Å². The van der Waals surface area contributed by atoms with Gasteiger partial charge in [-0.25, -0.2) is 10.4 Å². The van der Waals surface area contributed by atoms with Crippen molar-refractivity contribution in [1.29, 1.82) is 0 Å². The molecule has 2 heteroatoms. The molecule has 17 heavy (non-hydrogen) atoms. The van der Waals surface area contributed by atoms with E-state index in [0.717, 1.165) is 30.8 Å². The number of hydrogen-bond acceptors (Lipinski definition) is 2. The smallest absolute Gasteiger partial charge is 0.0718 e. The molecule has 0 atom stereocenters. The molecule has 0 amide bonds. The van der Waals surface area contributed by atoms with Crippen LogP contribution in [0.3, 0.4) is 0 Å². The maximum atomic E-state index is 3.85. The molecule has 2 nitrogen and oxygen atoms in total. The summed E-state index contributed by atoms with van der Waals surface area (Å²) in [5, 5.41) is 2.28. The van der Waals surface area contributed by atoms with E-state index in [1.165, 1.54) is 19.3 Å². The van der Waals surface area contributed by atoms with Crippen LogP contribution in [-0.4, -0.2) is 24.6 Å². The van der Waals surface area contributed by atoms with Crippen LogP contribution < -0.4 is 5.43 Å². The highest BCUT2D eigenvalue weighted by Crippen LogP contribution is 2.05. The highest BCUT2D eigenvalue weighted by molar-refractivity contribution is 5.36. The van der Waals surface area contributed by atoms with Crippen LogP contribution in [-0.2, 0) is 0 Å². The van der Waals surface area contributed by atoms with Crippen molar-refractivity contribution in [2.75, 3.05) is 19.6 Å². The van der Waals surface area contributed by atoms with Crippen molar-refractivity contribution >= 4 is 0 Å². The molecule has 2 rings (SSSR count). The van der Waals surface area contributed by atoms with Gasteiger partial charge in [-0.15, -0.1) is 0 Å². The number of rotatable bonds is 2. The van der Waals surface area contributed by atoms with Gasteiger partial charge in [-0.3, -0.25) is 0 Å². The normalized spacial score (nSPS) is 16.3. The second-order valence-electron chi connectivity index (χ2n) is 4.38. The standard InChI is InChI=1S/C15H19N2/c1-14-7-9-15(10-8-14)6-5-11-16-17-12-3-2-4-13-17/h7-10,16H,1-4,11-13H2. The molecule has 1 aliphatic rings. The zero-order valence-corrected chi connectivity index (χ0v) is 10.2. The Labute approximate surface area is 104 Å². The maximum Gasteiger partial charge on any atom is 0.0718 e. The zero-order valence-electron chi connectivity index (χ0n) is 10.2. The van der Waals surface area contributed by atoms with Crippen LogP contribution in [0.4, 0.5) is 0 Å². The third kappa shape index (κ3) is 4.22. The Morgan fingerprint density at radius 1 is 1.12 bits per heavy atom. The lowest BCUT2D eigenvalue weighted by atomic mass is 10.1. The summed E-state index contributed by atoms with van der Waals surface area (Å²) in [5.74, 6) is 6.29. The Bertz CT molecular complexity index is 391. The molecule has 1 aliphatic heterocycles. The summed E-state index contributed by atoms with van der Waals surface area (Å²) in [5.41, 5.74) is 5.43. The Kier molecular flexibility index (Phi) is 4.61. The van der Waals surface area contributed by atoms with Gasteiger partial charge in [0.25, 0.3) is 0 Å². The number of hydrogen-bond donors (Lipinski definition) is 1. The van der Waals surface area contributed by atoms with Gasteiger partial charge in [0.2, 0.25) is 0 Å². The van der Waals surface area contributed by atoms with Crippen LogP contribution in [0.5, 0.6) is 0 Å². The van der Waals surface area contributed by atoms with E-state index in [-0.39, 0.29) is 0 Å². The summed E-state index contributed by atoms with van der Waals surface area (Å²) in [4.78, 5) is 0. The molecule has 0 bridgehead atoms. The van der Waals surface area contributed by atoms with Gasteiger partial charge in [0.15, 0.2) is 0 Å². The van der Waals surface area contributed by atoms with E-state index in [2.05, 4.69) is 29.2 Å². The molecule has 1 radical (unpaired) electrons. The Morgan fingerprint density at radius 2 is 1.82 bits per heavy atom. The minimum atomic E-state index is 0.728. The lowest BCUT2D eigenvalue weighted by molar-refractivity contribution is 0.164. The van der Waals surface area contributed by atoms with Crippen LogP contribution in [0.1, 0.15) is 30.4 Å². The van der Waals surface area contributed by atoms with Gasteiger partial charge >= 0.3 is 0 Å². The monoisotopic (exact) mass is 227 g/mol. The third-order valence-corrected chi connectivity index (χ3v) is 2.93. The van der Waals surface area contributed by atoms with Crippen molar-refractivity contribution in [3.05, 3.63) is 42.3 Å². The van der Waals surface area contributed by atoms with E-state index in [1.807, 2.05) is 24.3 Å². The summed E-state index contributed by atoms with van der Waals surface area (Å²) >= 11 is 0. The molecule has 0 unspecified atom stereocenters. The SMILES string of the molecule is [CH2]c1ccc(C#CCNN2CCCCC2)cc1. The molecule has 1 saturated heterocycles. The molecule has 1 N–H and O–H groups in total. The fraction of sp³-hybridized carbons (Fsp3) is 0.400. The molecule has 1 heterocycles. The van der Waals surface area contributed by atoms with Gasteiger partial charge in [-0.2, -0.15) is 0 Å². The van der Waals surface area contributed by atoms with Gasteiger partial charge in [-0.05, 0) is 37.5 Å². The first kappa shape index (κ1) is 12.2. The van der Waals surface area contributed by atoms with E-state index in [9.17, 15) is 0 Å². The van der Waals surface area contributed by atoms with Crippen LogP contribution in [0.25, 0.3) is 0 Å². The molecule has 89 valence electrons. The molecule has 0 spiro atoms. The molecule has 0 saturated carbocycles. The lowest BCUT2D eigenvalue weighted by Crippen LogP contribution is -2.41. The van der Waals surface area contributed by atoms with Crippen molar-refractivity contribution in [3.8, 4) is 11.8 Å². The van der Waals surface area contributed by atoms with E-state index >= 15 is 0 Å². The third-order valence-electron chi connectivity index (χ3n) is 2.93. The topological polar surface area (TPSA) is 15.3 Å². The largest absolute Gasteiger partial charge is 0.244 e. The number of hydrazine groups is 1. The zero-order chi connectivity index (χ0) is 11.9. The van der Waals surface area contributed by atoms with Gasteiger partial charge in [0, 0.05) is 18.7 Å². The first-order chi connectivity index (χ1) is 8.34. The minimum absolute atomic E-state index is 0.728. The minimum Gasteiger partial charge on any atom is -0.244 e. The van der Waals surface area contributed by atoms with Gasteiger partial charge in [0.05, 0.1) is 6.54 Å². The molecular weight excluding hydrogens is 208 g/mol. The second-order valence-corrected chi connectivity index (χ2v) is 4.38. The first-order valence-electron chi connectivity index (χ1n) is 6.24. The maximum absolute atomic E-state index is 3.85. The van der Waals surface area contributed by atoms with Crippen LogP contribution >= 0.6 is 0 Å². The van der Waals surface area contributed by atoms with Crippen molar-refractivity contribution in [2.45, 2.75) is 19.3 Å². The molecule has 0 aromatic heterocycles. The van der Waals surface area contributed by atoms with Crippen molar-refractivity contribution in [1.82, 2.24) is 10.4 Å². The lowest BCUT2D eigenvalue weighted by Gasteiger charge is -2.25. The van der Waals surface area contributed by atoms with Gasteiger partial charge < -0.3 is 0 Å². The average molecular weight is 227 g/mol. The summed E-state index contributed by atoms with van der Waals surface area (Å²) in [7, 11) is 0. The Morgan fingerprint density at radius 3 is 2.53 bits per heavy atom. The first-order valence-corrected chi connectivity index (χ1v) is 6.24. The molecule has 1 fully saturated rings. The highest BCUT2D eigenvalue weighted by Gasteiger charge is 2.07. The Hall–Kier alpha value is -1.30. The molecule has 0 aliphatic carbocycles. The fourth-order valence-electron chi connectivity index (χ4n) is 1.94. The molecule has 1 aromatic rings. The number of piperidine rings is 1. The van der Waals surface area contributed by atoms with Crippen molar-refractivity contribution in [2.24, 2.45) is 0 Å². The highest BCUT2D eigenvalue weighted by atomic mass is 15.5. The average Bonchev–Trinajstić information content (AvgIpc) is 2.38. The number of nitrogens with zero attached hydrogens (tertiary/aromatic N) is 1. The predicted molar refractivity (Wildman–Crippen MR) is 71.2 cm³/mol. The summed E-state index contributed by atoms with van der Waals surface area (Å²) in [6.45, 7) is 6.88. The Balaban J connectivity index is 1.76. The summed E-state index contributed by atoms with van der Waals surface area (Å²) in [6.07, 6.45) is 3.96. The van der Waals surface area contributed by atoms with E-state index in [1.54, 1.807) is 0 Å². The summed E-state index contributed by atoms with van der Waals surface area (Å²) in [6, 6.07) is 8.00. The number of benzene rings is 1. The number of nitrogens with one attached hydrogen (secondary N) is 1. The summed E-state index contributed by atoms with van der Waals surface area (Å²) < 4.78 is 0. The molecular formula is C15H19N2. The van der Waals surface area contributed by atoms with Crippen molar-refractivity contribution in [3.63, 3.8) is 0 Å². The second kappa shape index (κ2) is 6.44. The molecule has 1 aromatic carbocycles. The van der Waals surface area contributed by atoms with Crippen LogP contribution in [0.2, 0.25) is 0 Å².